The van der Waals surface area contributed by atoms with Gasteiger partial charge in [-0.05, 0) is 42.7 Å². The molecule has 0 bridgehead atoms. The molecule has 0 aliphatic heterocycles. The van der Waals surface area contributed by atoms with Gasteiger partial charge in [0.1, 0.15) is 5.75 Å². The molecule has 1 heterocycles. The number of ether oxygens (including phenoxy) is 2. The zero-order valence-corrected chi connectivity index (χ0v) is 12.8. The molecule has 0 fully saturated rings. The fourth-order valence-corrected chi connectivity index (χ4v) is 2.15. The van der Waals surface area contributed by atoms with Crippen molar-refractivity contribution in [3.63, 3.8) is 0 Å². The lowest BCUT2D eigenvalue weighted by molar-refractivity contribution is 0.397. The van der Waals surface area contributed by atoms with E-state index in [1.807, 2.05) is 24.3 Å². The second kappa shape index (κ2) is 7.64. The number of benzene rings is 1. The zero-order valence-electron chi connectivity index (χ0n) is 12.8. The van der Waals surface area contributed by atoms with Gasteiger partial charge in [0, 0.05) is 24.8 Å². The molecule has 0 amide bonds. The molecule has 112 valence electrons. The molecule has 1 aromatic carbocycles. The Morgan fingerprint density at radius 1 is 1.05 bits per heavy atom. The first-order valence-electron chi connectivity index (χ1n) is 7.06. The third-order valence-electron chi connectivity index (χ3n) is 3.36. The molecular formula is C17H22N2O2. The molecule has 4 heteroatoms. The van der Waals surface area contributed by atoms with Crippen molar-refractivity contribution >= 4 is 0 Å². The lowest BCUT2D eigenvalue weighted by Crippen LogP contribution is -2.27. The second-order valence-electron chi connectivity index (χ2n) is 5.04. The van der Waals surface area contributed by atoms with E-state index in [1.54, 1.807) is 20.4 Å². The fraction of sp³-hybridized carbons (Fsp3) is 0.353. The first-order valence-corrected chi connectivity index (χ1v) is 7.06. The smallest absolute Gasteiger partial charge is 0.213 e. The summed E-state index contributed by atoms with van der Waals surface area (Å²) in [5.41, 5.74) is 2.46. The summed E-state index contributed by atoms with van der Waals surface area (Å²) in [5.74, 6) is 1.54. The highest BCUT2D eigenvalue weighted by Gasteiger charge is 2.04. The molecule has 1 N–H and O–H groups in total. The van der Waals surface area contributed by atoms with Gasteiger partial charge in [-0.15, -0.1) is 0 Å². The van der Waals surface area contributed by atoms with Crippen LogP contribution in [0.2, 0.25) is 0 Å². The van der Waals surface area contributed by atoms with E-state index in [9.17, 15) is 0 Å². The van der Waals surface area contributed by atoms with E-state index < -0.39 is 0 Å². The Balaban J connectivity index is 1.84. The van der Waals surface area contributed by atoms with Crippen molar-refractivity contribution < 1.29 is 9.47 Å². The predicted molar refractivity (Wildman–Crippen MR) is 83.8 cm³/mol. The first kappa shape index (κ1) is 15.3. The maximum absolute atomic E-state index is 5.17. The van der Waals surface area contributed by atoms with E-state index >= 15 is 0 Å². The molecule has 0 saturated carbocycles. The van der Waals surface area contributed by atoms with Crippen LogP contribution in [0, 0.1) is 0 Å². The van der Waals surface area contributed by atoms with Crippen LogP contribution in [0.4, 0.5) is 0 Å². The van der Waals surface area contributed by atoms with Crippen molar-refractivity contribution in [3.8, 4) is 11.6 Å². The minimum atomic E-state index is 0.387. The number of aromatic nitrogens is 1. The standard InChI is InChI=1S/C17H22N2O2/c1-13(10-14-4-6-16(20-2)7-5-14)19-12-15-8-9-18-17(11-15)21-3/h4-9,11,13,19H,10,12H2,1-3H3. The largest absolute Gasteiger partial charge is 0.497 e. The Morgan fingerprint density at radius 3 is 2.48 bits per heavy atom. The first-order chi connectivity index (χ1) is 10.2. The number of hydrogen-bond donors (Lipinski definition) is 1. The van der Waals surface area contributed by atoms with Crippen LogP contribution in [-0.2, 0) is 13.0 Å². The van der Waals surface area contributed by atoms with Crippen molar-refractivity contribution in [2.45, 2.75) is 25.9 Å². The molecule has 0 aliphatic rings. The van der Waals surface area contributed by atoms with Gasteiger partial charge in [0.15, 0.2) is 0 Å². The van der Waals surface area contributed by atoms with Crippen LogP contribution >= 0.6 is 0 Å². The van der Waals surface area contributed by atoms with Crippen molar-refractivity contribution in [2.75, 3.05) is 14.2 Å². The van der Waals surface area contributed by atoms with Crippen molar-refractivity contribution in [3.05, 3.63) is 53.7 Å². The summed E-state index contributed by atoms with van der Waals surface area (Å²) >= 11 is 0. The lowest BCUT2D eigenvalue weighted by Gasteiger charge is -2.14. The minimum Gasteiger partial charge on any atom is -0.497 e. The van der Waals surface area contributed by atoms with Crippen molar-refractivity contribution in [2.24, 2.45) is 0 Å². The van der Waals surface area contributed by atoms with Gasteiger partial charge in [-0.25, -0.2) is 4.98 Å². The molecule has 1 atom stereocenters. The minimum absolute atomic E-state index is 0.387. The van der Waals surface area contributed by atoms with Crippen molar-refractivity contribution in [1.29, 1.82) is 0 Å². The number of pyridine rings is 1. The molecule has 0 radical (unpaired) electrons. The van der Waals surface area contributed by atoms with Crippen LogP contribution in [0.1, 0.15) is 18.1 Å². The maximum atomic E-state index is 5.17. The van der Waals surface area contributed by atoms with Gasteiger partial charge in [-0.3, -0.25) is 0 Å². The summed E-state index contributed by atoms with van der Waals surface area (Å²) in [6.07, 6.45) is 2.75. The second-order valence-corrected chi connectivity index (χ2v) is 5.04. The monoisotopic (exact) mass is 286 g/mol. The highest BCUT2D eigenvalue weighted by molar-refractivity contribution is 5.27. The molecule has 1 unspecified atom stereocenters. The summed E-state index contributed by atoms with van der Waals surface area (Å²) in [6, 6.07) is 12.5. The molecule has 0 aliphatic carbocycles. The molecule has 0 spiro atoms. The Kier molecular flexibility index (Phi) is 5.58. The van der Waals surface area contributed by atoms with Crippen LogP contribution in [0.25, 0.3) is 0 Å². The Morgan fingerprint density at radius 2 is 1.81 bits per heavy atom. The third kappa shape index (κ3) is 4.76. The van der Waals surface area contributed by atoms with E-state index in [1.165, 1.54) is 11.1 Å². The highest BCUT2D eigenvalue weighted by Crippen LogP contribution is 2.13. The van der Waals surface area contributed by atoms with E-state index in [0.29, 0.717) is 11.9 Å². The normalized spacial score (nSPS) is 12.0. The Bertz CT molecular complexity index is 555. The van der Waals surface area contributed by atoms with Gasteiger partial charge >= 0.3 is 0 Å². The average molecular weight is 286 g/mol. The Hall–Kier alpha value is -2.07. The summed E-state index contributed by atoms with van der Waals surface area (Å²) in [5, 5.41) is 3.51. The summed E-state index contributed by atoms with van der Waals surface area (Å²) in [6.45, 7) is 2.98. The average Bonchev–Trinajstić information content (AvgIpc) is 2.54. The predicted octanol–water partition coefficient (Wildman–Crippen LogP) is 2.82. The molecule has 4 nitrogen and oxygen atoms in total. The van der Waals surface area contributed by atoms with Gasteiger partial charge in [0.2, 0.25) is 5.88 Å². The van der Waals surface area contributed by atoms with E-state index in [2.05, 4.69) is 29.4 Å². The van der Waals surface area contributed by atoms with E-state index in [0.717, 1.165) is 18.7 Å². The number of rotatable bonds is 7. The molecule has 0 saturated heterocycles. The molecular weight excluding hydrogens is 264 g/mol. The van der Waals surface area contributed by atoms with Gasteiger partial charge in [0.05, 0.1) is 14.2 Å². The zero-order chi connectivity index (χ0) is 15.1. The number of hydrogen-bond acceptors (Lipinski definition) is 4. The summed E-state index contributed by atoms with van der Waals surface area (Å²) in [7, 11) is 3.31. The SMILES string of the molecule is COc1ccc(CC(C)NCc2ccnc(OC)c2)cc1. The van der Waals surface area contributed by atoms with Crippen LogP contribution in [0.15, 0.2) is 42.6 Å². The maximum Gasteiger partial charge on any atom is 0.213 e. The van der Waals surface area contributed by atoms with Gasteiger partial charge in [-0.1, -0.05) is 12.1 Å². The third-order valence-corrected chi connectivity index (χ3v) is 3.36. The van der Waals surface area contributed by atoms with Crippen LogP contribution in [-0.4, -0.2) is 25.2 Å². The molecule has 2 aromatic rings. The lowest BCUT2D eigenvalue weighted by atomic mass is 10.1. The quantitative estimate of drug-likeness (QED) is 0.850. The molecule has 1 aromatic heterocycles. The van der Waals surface area contributed by atoms with Crippen LogP contribution in [0.5, 0.6) is 11.6 Å². The molecule has 21 heavy (non-hydrogen) atoms. The Labute approximate surface area is 126 Å². The van der Waals surface area contributed by atoms with Gasteiger partial charge in [0.25, 0.3) is 0 Å². The fourth-order valence-electron chi connectivity index (χ4n) is 2.15. The number of nitrogens with zero attached hydrogens (tertiary/aromatic N) is 1. The van der Waals surface area contributed by atoms with Gasteiger partial charge in [-0.2, -0.15) is 0 Å². The van der Waals surface area contributed by atoms with Crippen molar-refractivity contribution in [1.82, 2.24) is 10.3 Å². The van der Waals surface area contributed by atoms with E-state index in [4.69, 9.17) is 9.47 Å². The topological polar surface area (TPSA) is 43.4 Å². The van der Waals surface area contributed by atoms with Crippen LogP contribution in [0.3, 0.4) is 0 Å². The van der Waals surface area contributed by atoms with Crippen LogP contribution < -0.4 is 14.8 Å². The van der Waals surface area contributed by atoms with Gasteiger partial charge < -0.3 is 14.8 Å². The number of nitrogens with one attached hydrogen (secondary N) is 1. The highest BCUT2D eigenvalue weighted by atomic mass is 16.5. The summed E-state index contributed by atoms with van der Waals surface area (Å²) < 4.78 is 10.3. The van der Waals surface area contributed by atoms with E-state index in [-0.39, 0.29) is 0 Å². The summed E-state index contributed by atoms with van der Waals surface area (Å²) in [4.78, 5) is 4.11. The molecule has 2 rings (SSSR count). The number of methoxy groups -OCH3 is 2.